The molecule has 4 rings (SSSR count). The highest BCUT2D eigenvalue weighted by atomic mass is 16.1. The van der Waals surface area contributed by atoms with Crippen molar-refractivity contribution < 1.29 is 0 Å². The lowest BCUT2D eigenvalue weighted by molar-refractivity contribution is 1.13. The average Bonchev–Trinajstić information content (AvgIpc) is 3.04. The normalized spacial score (nSPS) is 10.8. The molecule has 0 bridgehead atoms. The number of pyridine rings is 1. The molecular weight excluding hydrogens is 300 g/mol. The third kappa shape index (κ3) is 2.67. The lowest BCUT2D eigenvalue weighted by atomic mass is 10.2. The first-order valence-electron chi connectivity index (χ1n) is 7.76. The molecule has 5 heteroatoms. The van der Waals surface area contributed by atoms with Crippen LogP contribution in [-0.2, 0) is 6.54 Å². The van der Waals surface area contributed by atoms with Gasteiger partial charge in [0.25, 0.3) is 5.56 Å². The minimum atomic E-state index is -0.174. The molecular formula is C19H16N4O. The third-order valence-corrected chi connectivity index (χ3v) is 3.91. The minimum Gasteiger partial charge on any atom is -0.380 e. The predicted octanol–water partition coefficient (Wildman–Crippen LogP) is 3.53. The molecule has 2 heterocycles. The lowest BCUT2D eigenvalue weighted by Crippen LogP contribution is -2.13. The number of nitrogens with zero attached hydrogens (tertiary/aromatic N) is 1. The Labute approximate surface area is 138 Å². The molecule has 0 spiro atoms. The summed E-state index contributed by atoms with van der Waals surface area (Å²) in [7, 11) is 0. The van der Waals surface area contributed by atoms with Crippen LogP contribution in [0.3, 0.4) is 0 Å². The van der Waals surface area contributed by atoms with Crippen LogP contribution in [0.5, 0.6) is 0 Å². The van der Waals surface area contributed by atoms with Crippen molar-refractivity contribution in [3.05, 3.63) is 82.8 Å². The molecule has 0 aliphatic heterocycles. The summed E-state index contributed by atoms with van der Waals surface area (Å²) in [6.07, 6.45) is 1.64. The summed E-state index contributed by atoms with van der Waals surface area (Å²) in [5.41, 5.74) is 3.99. The van der Waals surface area contributed by atoms with Crippen LogP contribution in [0.1, 0.15) is 5.56 Å². The molecule has 0 aliphatic carbocycles. The van der Waals surface area contributed by atoms with Gasteiger partial charge in [-0.05, 0) is 23.8 Å². The minimum absolute atomic E-state index is 0.174. The molecule has 5 nitrogen and oxygen atoms in total. The van der Waals surface area contributed by atoms with Crippen LogP contribution in [0.2, 0.25) is 0 Å². The largest absolute Gasteiger partial charge is 0.380 e. The fraction of sp³-hybridized carbons (Fsp3) is 0.0526. The molecule has 4 aromatic rings. The van der Waals surface area contributed by atoms with E-state index in [1.54, 1.807) is 6.20 Å². The first-order valence-corrected chi connectivity index (χ1v) is 7.76. The third-order valence-electron chi connectivity index (χ3n) is 3.91. The fourth-order valence-electron chi connectivity index (χ4n) is 2.73. The van der Waals surface area contributed by atoms with Gasteiger partial charge in [0, 0.05) is 12.7 Å². The summed E-state index contributed by atoms with van der Waals surface area (Å²) >= 11 is 0. The highest BCUT2D eigenvalue weighted by Gasteiger charge is 2.13. The van der Waals surface area contributed by atoms with Gasteiger partial charge in [0.05, 0.1) is 16.7 Å². The van der Waals surface area contributed by atoms with Crippen LogP contribution < -0.4 is 10.9 Å². The molecule has 0 unspecified atom stereocenters. The van der Waals surface area contributed by atoms with E-state index in [0.29, 0.717) is 17.9 Å². The number of anilines is 1. The van der Waals surface area contributed by atoms with Gasteiger partial charge in [-0.1, -0.05) is 42.5 Å². The second-order valence-corrected chi connectivity index (χ2v) is 5.54. The Morgan fingerprint density at radius 3 is 2.58 bits per heavy atom. The lowest BCUT2D eigenvalue weighted by Gasteiger charge is -2.09. The van der Waals surface area contributed by atoms with E-state index in [9.17, 15) is 4.79 Å². The van der Waals surface area contributed by atoms with E-state index in [1.165, 1.54) is 0 Å². The van der Waals surface area contributed by atoms with E-state index < -0.39 is 0 Å². The number of hydrogen-bond donors (Lipinski definition) is 3. The summed E-state index contributed by atoms with van der Waals surface area (Å²) in [6, 6.07) is 19.6. The zero-order valence-electron chi connectivity index (χ0n) is 12.9. The van der Waals surface area contributed by atoms with Gasteiger partial charge in [0.2, 0.25) is 0 Å². The molecule has 3 N–H and O–H groups in total. The van der Waals surface area contributed by atoms with Crippen LogP contribution in [0.4, 0.5) is 5.69 Å². The van der Waals surface area contributed by atoms with Gasteiger partial charge >= 0.3 is 0 Å². The zero-order valence-corrected chi connectivity index (χ0v) is 12.9. The molecule has 0 atom stereocenters. The standard InChI is InChI=1S/C19H16N4O/c24-19-17(18-22-14-8-4-5-9-15(14)23-18)16(10-11-20-19)21-12-13-6-2-1-3-7-13/h1-11H,12H2,(H,22,23)(H2,20,21,24). The number of hydrogen-bond acceptors (Lipinski definition) is 3. The van der Waals surface area contributed by atoms with Crippen molar-refractivity contribution in [2.24, 2.45) is 0 Å². The van der Waals surface area contributed by atoms with Gasteiger partial charge in [0.15, 0.2) is 0 Å². The molecule has 0 amide bonds. The van der Waals surface area contributed by atoms with Crippen molar-refractivity contribution in [3.8, 4) is 11.4 Å². The van der Waals surface area contributed by atoms with Crippen molar-refractivity contribution in [1.29, 1.82) is 0 Å². The van der Waals surface area contributed by atoms with E-state index in [2.05, 4.69) is 20.3 Å². The number of para-hydroxylation sites is 2. The fourth-order valence-corrected chi connectivity index (χ4v) is 2.73. The molecule has 0 aliphatic rings. The Morgan fingerprint density at radius 1 is 0.958 bits per heavy atom. The van der Waals surface area contributed by atoms with Crippen LogP contribution in [0.25, 0.3) is 22.4 Å². The SMILES string of the molecule is O=c1[nH]ccc(NCc2ccccc2)c1-c1nc2ccccc2[nH]1. The Hall–Kier alpha value is -3.34. The van der Waals surface area contributed by atoms with Crippen molar-refractivity contribution in [2.45, 2.75) is 6.54 Å². The number of imidazole rings is 1. The predicted molar refractivity (Wildman–Crippen MR) is 95.9 cm³/mol. The maximum Gasteiger partial charge on any atom is 0.261 e. The van der Waals surface area contributed by atoms with Crippen molar-refractivity contribution >= 4 is 16.7 Å². The number of benzene rings is 2. The molecule has 0 radical (unpaired) electrons. The van der Waals surface area contributed by atoms with Gasteiger partial charge in [-0.3, -0.25) is 4.79 Å². The summed E-state index contributed by atoms with van der Waals surface area (Å²) in [4.78, 5) is 22.9. The number of nitrogens with one attached hydrogen (secondary N) is 3. The van der Waals surface area contributed by atoms with Crippen LogP contribution in [0.15, 0.2) is 71.7 Å². The summed E-state index contributed by atoms with van der Waals surface area (Å²) < 4.78 is 0. The first kappa shape index (κ1) is 14.3. The smallest absolute Gasteiger partial charge is 0.261 e. The number of fused-ring (bicyclic) bond motifs is 1. The van der Waals surface area contributed by atoms with Gasteiger partial charge in [-0.25, -0.2) is 4.98 Å². The Bertz CT molecular complexity index is 1000. The number of aromatic nitrogens is 3. The molecule has 2 aromatic heterocycles. The van der Waals surface area contributed by atoms with Crippen molar-refractivity contribution in [3.63, 3.8) is 0 Å². The Morgan fingerprint density at radius 2 is 1.75 bits per heavy atom. The van der Waals surface area contributed by atoms with Gasteiger partial charge in [0.1, 0.15) is 11.4 Å². The van der Waals surface area contributed by atoms with Gasteiger partial charge < -0.3 is 15.3 Å². The van der Waals surface area contributed by atoms with Gasteiger partial charge in [-0.2, -0.15) is 0 Å². The Balaban J connectivity index is 1.73. The Kier molecular flexibility index (Phi) is 3.59. The highest BCUT2D eigenvalue weighted by molar-refractivity contribution is 5.82. The van der Waals surface area contributed by atoms with Crippen molar-refractivity contribution in [2.75, 3.05) is 5.32 Å². The quantitative estimate of drug-likeness (QED) is 0.539. The number of rotatable bonds is 4. The number of aromatic amines is 2. The van der Waals surface area contributed by atoms with E-state index >= 15 is 0 Å². The highest BCUT2D eigenvalue weighted by Crippen LogP contribution is 2.24. The molecule has 0 saturated carbocycles. The molecule has 0 saturated heterocycles. The van der Waals surface area contributed by atoms with E-state index in [-0.39, 0.29) is 5.56 Å². The molecule has 0 fully saturated rings. The first-order chi connectivity index (χ1) is 11.8. The summed E-state index contributed by atoms with van der Waals surface area (Å²) in [6.45, 7) is 0.636. The topological polar surface area (TPSA) is 73.6 Å². The summed E-state index contributed by atoms with van der Waals surface area (Å²) in [5, 5.41) is 3.33. The monoisotopic (exact) mass is 316 g/mol. The van der Waals surface area contributed by atoms with Crippen LogP contribution in [-0.4, -0.2) is 15.0 Å². The summed E-state index contributed by atoms with van der Waals surface area (Å²) in [5.74, 6) is 0.564. The second-order valence-electron chi connectivity index (χ2n) is 5.54. The number of H-pyrrole nitrogens is 2. The van der Waals surface area contributed by atoms with Crippen LogP contribution >= 0.6 is 0 Å². The maximum absolute atomic E-state index is 12.4. The molecule has 24 heavy (non-hydrogen) atoms. The molecule has 118 valence electrons. The molecule has 2 aromatic carbocycles. The van der Waals surface area contributed by atoms with Crippen LogP contribution in [0, 0.1) is 0 Å². The van der Waals surface area contributed by atoms with E-state index in [0.717, 1.165) is 22.3 Å². The van der Waals surface area contributed by atoms with Gasteiger partial charge in [-0.15, -0.1) is 0 Å². The van der Waals surface area contributed by atoms with E-state index in [1.807, 2.05) is 60.7 Å². The maximum atomic E-state index is 12.4. The van der Waals surface area contributed by atoms with Crippen molar-refractivity contribution in [1.82, 2.24) is 15.0 Å². The zero-order chi connectivity index (χ0) is 16.4. The van der Waals surface area contributed by atoms with E-state index in [4.69, 9.17) is 0 Å². The average molecular weight is 316 g/mol. The second kappa shape index (κ2) is 6.04.